The molecule has 0 aliphatic carbocycles. The number of morpholine rings is 1. The van der Waals surface area contributed by atoms with Crippen molar-refractivity contribution < 1.29 is 4.74 Å². The first-order chi connectivity index (χ1) is 4.43. The third-order valence-electron chi connectivity index (χ3n) is 1.32. The lowest BCUT2D eigenvalue weighted by molar-refractivity contribution is 0.0319. The van der Waals surface area contributed by atoms with Gasteiger partial charge in [0.1, 0.15) is 0 Å². The van der Waals surface area contributed by atoms with Crippen LogP contribution in [0.1, 0.15) is 6.42 Å². The molecule has 0 aromatic heterocycles. The summed E-state index contributed by atoms with van der Waals surface area (Å²) in [6.07, 6.45) is 0.635. The summed E-state index contributed by atoms with van der Waals surface area (Å²) in [4.78, 5) is 0. The van der Waals surface area contributed by atoms with E-state index in [0.29, 0.717) is 6.42 Å². The van der Waals surface area contributed by atoms with Crippen LogP contribution in [0, 0.1) is 11.3 Å². The van der Waals surface area contributed by atoms with Gasteiger partial charge < -0.3 is 10.1 Å². The molecular weight excluding hydrogens is 116 g/mol. The van der Waals surface area contributed by atoms with Crippen LogP contribution >= 0.6 is 0 Å². The van der Waals surface area contributed by atoms with Gasteiger partial charge in [0, 0.05) is 13.1 Å². The van der Waals surface area contributed by atoms with Gasteiger partial charge in [-0.3, -0.25) is 0 Å². The Labute approximate surface area is 54.6 Å². The van der Waals surface area contributed by atoms with Gasteiger partial charge in [-0.15, -0.1) is 0 Å². The van der Waals surface area contributed by atoms with Gasteiger partial charge in [-0.2, -0.15) is 5.26 Å². The van der Waals surface area contributed by atoms with Crippen molar-refractivity contribution in [3.05, 3.63) is 0 Å². The maximum absolute atomic E-state index is 8.26. The molecule has 1 aliphatic rings. The average Bonchev–Trinajstić information content (AvgIpc) is 1.91. The Hall–Kier alpha value is -0.590. The molecule has 9 heavy (non-hydrogen) atoms. The SMILES string of the molecule is N#CCC1CNCCO1. The van der Waals surface area contributed by atoms with Gasteiger partial charge in [0.25, 0.3) is 0 Å². The lowest BCUT2D eigenvalue weighted by Gasteiger charge is -2.20. The van der Waals surface area contributed by atoms with Gasteiger partial charge in [-0.1, -0.05) is 0 Å². The molecule has 1 saturated heterocycles. The van der Waals surface area contributed by atoms with Gasteiger partial charge in [-0.05, 0) is 0 Å². The van der Waals surface area contributed by atoms with E-state index in [1.165, 1.54) is 0 Å². The van der Waals surface area contributed by atoms with E-state index in [0.717, 1.165) is 19.7 Å². The molecule has 1 N–H and O–H groups in total. The molecule has 1 rings (SSSR count). The van der Waals surface area contributed by atoms with E-state index in [2.05, 4.69) is 11.4 Å². The number of nitrogens with zero attached hydrogens (tertiary/aromatic N) is 1. The zero-order valence-corrected chi connectivity index (χ0v) is 5.26. The minimum Gasteiger partial charge on any atom is -0.375 e. The Morgan fingerprint density at radius 2 is 2.67 bits per heavy atom. The van der Waals surface area contributed by atoms with Crippen molar-refractivity contribution in [2.24, 2.45) is 0 Å². The maximum Gasteiger partial charge on any atom is 0.0829 e. The summed E-state index contributed by atoms with van der Waals surface area (Å²) in [6.45, 7) is 2.49. The fourth-order valence-electron chi connectivity index (χ4n) is 0.853. The predicted octanol–water partition coefficient (Wildman–Crippen LogP) is -0.112. The molecule has 1 atom stereocenters. The number of hydrogen-bond acceptors (Lipinski definition) is 3. The third kappa shape index (κ3) is 2.00. The monoisotopic (exact) mass is 126 g/mol. The van der Waals surface area contributed by atoms with Gasteiger partial charge in [0.15, 0.2) is 0 Å². The summed E-state index contributed by atoms with van der Waals surface area (Å²) < 4.78 is 5.23. The van der Waals surface area contributed by atoms with Crippen LogP contribution in [0.4, 0.5) is 0 Å². The fourth-order valence-corrected chi connectivity index (χ4v) is 0.853. The molecule has 0 aromatic carbocycles. The Morgan fingerprint density at radius 1 is 1.78 bits per heavy atom. The normalized spacial score (nSPS) is 27.2. The highest BCUT2D eigenvalue weighted by atomic mass is 16.5. The second-order valence-corrected chi connectivity index (χ2v) is 2.06. The first-order valence-corrected chi connectivity index (χ1v) is 3.13. The van der Waals surface area contributed by atoms with Crippen molar-refractivity contribution in [1.82, 2.24) is 5.32 Å². The van der Waals surface area contributed by atoms with E-state index in [9.17, 15) is 0 Å². The van der Waals surface area contributed by atoms with Crippen LogP contribution < -0.4 is 5.32 Å². The fraction of sp³-hybridized carbons (Fsp3) is 0.833. The number of nitrogens with one attached hydrogen (secondary N) is 1. The standard InChI is InChI=1S/C6H10N2O/c7-2-1-6-5-8-3-4-9-6/h6,8H,1,3-5H2. The number of nitriles is 1. The molecular formula is C6H10N2O. The quantitative estimate of drug-likeness (QED) is 0.533. The van der Waals surface area contributed by atoms with Gasteiger partial charge in [0.05, 0.1) is 25.2 Å². The van der Waals surface area contributed by atoms with Crippen LogP contribution in [0.25, 0.3) is 0 Å². The second-order valence-electron chi connectivity index (χ2n) is 2.06. The van der Waals surface area contributed by atoms with E-state index in [1.807, 2.05) is 0 Å². The summed E-state index contributed by atoms with van der Waals surface area (Å²) in [5, 5.41) is 11.4. The van der Waals surface area contributed by atoms with E-state index < -0.39 is 0 Å². The van der Waals surface area contributed by atoms with E-state index >= 15 is 0 Å². The second kappa shape index (κ2) is 3.44. The van der Waals surface area contributed by atoms with Crippen molar-refractivity contribution in [3.63, 3.8) is 0 Å². The van der Waals surface area contributed by atoms with E-state index in [-0.39, 0.29) is 6.10 Å². The summed E-state index contributed by atoms with van der Waals surface area (Å²) in [5.74, 6) is 0. The Balaban J connectivity index is 2.17. The minimum absolute atomic E-state index is 0.128. The van der Waals surface area contributed by atoms with Crippen molar-refractivity contribution >= 4 is 0 Å². The Morgan fingerprint density at radius 3 is 3.22 bits per heavy atom. The number of ether oxygens (including phenoxy) is 1. The zero-order chi connectivity index (χ0) is 6.53. The highest BCUT2D eigenvalue weighted by Crippen LogP contribution is 1.98. The van der Waals surface area contributed by atoms with Crippen molar-refractivity contribution in [2.75, 3.05) is 19.7 Å². The first kappa shape index (κ1) is 6.53. The van der Waals surface area contributed by atoms with Crippen LogP contribution in [0.15, 0.2) is 0 Å². The maximum atomic E-state index is 8.26. The largest absolute Gasteiger partial charge is 0.375 e. The van der Waals surface area contributed by atoms with Crippen molar-refractivity contribution in [3.8, 4) is 6.07 Å². The van der Waals surface area contributed by atoms with Gasteiger partial charge in [0.2, 0.25) is 0 Å². The lowest BCUT2D eigenvalue weighted by Crippen LogP contribution is -2.38. The lowest BCUT2D eigenvalue weighted by atomic mass is 10.2. The molecule has 1 aliphatic heterocycles. The highest BCUT2D eigenvalue weighted by molar-refractivity contribution is 4.79. The Bertz CT molecular complexity index is 113. The van der Waals surface area contributed by atoms with Gasteiger partial charge >= 0.3 is 0 Å². The van der Waals surface area contributed by atoms with Crippen LogP contribution in [0.3, 0.4) is 0 Å². The molecule has 0 radical (unpaired) electrons. The zero-order valence-electron chi connectivity index (χ0n) is 5.26. The summed E-state index contributed by atoms with van der Waals surface area (Å²) >= 11 is 0. The molecule has 0 aromatic rings. The molecule has 0 amide bonds. The van der Waals surface area contributed by atoms with E-state index in [1.54, 1.807) is 0 Å². The predicted molar refractivity (Wildman–Crippen MR) is 32.8 cm³/mol. The molecule has 1 fully saturated rings. The third-order valence-corrected chi connectivity index (χ3v) is 1.32. The number of hydrogen-bond donors (Lipinski definition) is 1. The smallest absolute Gasteiger partial charge is 0.0829 e. The molecule has 1 heterocycles. The molecule has 0 bridgehead atoms. The molecule has 0 spiro atoms. The molecule has 50 valence electrons. The molecule has 3 heteroatoms. The molecule has 1 unspecified atom stereocenters. The van der Waals surface area contributed by atoms with E-state index in [4.69, 9.17) is 10.00 Å². The summed E-state index contributed by atoms with van der Waals surface area (Å²) in [5.41, 5.74) is 0. The van der Waals surface area contributed by atoms with Crippen molar-refractivity contribution in [1.29, 1.82) is 5.26 Å². The summed E-state index contributed by atoms with van der Waals surface area (Å²) in [6, 6.07) is 2.07. The van der Waals surface area contributed by atoms with Crippen molar-refractivity contribution in [2.45, 2.75) is 12.5 Å². The van der Waals surface area contributed by atoms with Crippen LogP contribution in [-0.4, -0.2) is 25.8 Å². The Kier molecular flexibility index (Phi) is 2.49. The highest BCUT2D eigenvalue weighted by Gasteiger charge is 2.11. The molecule has 0 saturated carbocycles. The minimum atomic E-state index is 0.128. The van der Waals surface area contributed by atoms with Crippen LogP contribution in [0.2, 0.25) is 0 Å². The van der Waals surface area contributed by atoms with Crippen LogP contribution in [-0.2, 0) is 4.74 Å². The number of rotatable bonds is 1. The first-order valence-electron chi connectivity index (χ1n) is 3.13. The molecule has 3 nitrogen and oxygen atoms in total. The van der Waals surface area contributed by atoms with Gasteiger partial charge in [-0.25, -0.2) is 0 Å². The average molecular weight is 126 g/mol. The topological polar surface area (TPSA) is 45.0 Å². The van der Waals surface area contributed by atoms with Crippen LogP contribution in [0.5, 0.6) is 0 Å². The summed E-state index contributed by atoms with van der Waals surface area (Å²) in [7, 11) is 0.